The van der Waals surface area contributed by atoms with Crippen molar-refractivity contribution in [3.05, 3.63) is 174 Å². The maximum atomic E-state index is 12.8. The van der Waals surface area contributed by atoms with Crippen LogP contribution in [0.3, 0.4) is 0 Å². The van der Waals surface area contributed by atoms with Crippen molar-refractivity contribution in [2.24, 2.45) is 0 Å². The molecule has 0 N–H and O–H groups in total. The molecular formula is C56H46FIrN5O2-2. The zero-order chi connectivity index (χ0) is 44.3. The van der Waals surface area contributed by atoms with E-state index in [1.807, 2.05) is 48.5 Å². The van der Waals surface area contributed by atoms with Gasteiger partial charge in [-0.25, -0.2) is 4.98 Å². The molecule has 6 aromatic carbocycles. The molecule has 0 spiro atoms. The average Bonchev–Trinajstić information content (AvgIpc) is 3.99. The third kappa shape index (κ3) is 8.04. The largest absolute Gasteiger partial charge is 0.499 e. The molecule has 5 aromatic heterocycles. The van der Waals surface area contributed by atoms with E-state index in [4.69, 9.17) is 18.8 Å². The van der Waals surface area contributed by atoms with Crippen molar-refractivity contribution in [1.82, 2.24) is 24.5 Å². The van der Waals surface area contributed by atoms with Gasteiger partial charge in [-0.2, -0.15) is 0 Å². The Morgan fingerprint density at radius 2 is 1.38 bits per heavy atom. The number of hydrogen-bond acceptors (Lipinski definition) is 6. The molecule has 0 saturated carbocycles. The van der Waals surface area contributed by atoms with Crippen LogP contribution in [0.4, 0.5) is 4.39 Å². The van der Waals surface area contributed by atoms with E-state index < -0.39 is 0 Å². The summed E-state index contributed by atoms with van der Waals surface area (Å²) in [6, 6.07) is 50.3. The minimum Gasteiger partial charge on any atom is -0.499 e. The zero-order valence-corrected chi connectivity index (χ0v) is 39.6. The Hall–Kier alpha value is -6.80. The predicted octanol–water partition coefficient (Wildman–Crippen LogP) is 15.0. The molecule has 0 amide bonds. The summed E-state index contributed by atoms with van der Waals surface area (Å²) in [7, 11) is 0. The van der Waals surface area contributed by atoms with Crippen molar-refractivity contribution in [3.63, 3.8) is 0 Å². The first kappa shape index (κ1) is 43.5. The van der Waals surface area contributed by atoms with E-state index in [2.05, 4.69) is 142 Å². The van der Waals surface area contributed by atoms with Gasteiger partial charge in [-0.15, -0.1) is 48.0 Å². The van der Waals surface area contributed by atoms with Crippen molar-refractivity contribution >= 4 is 55.2 Å². The van der Waals surface area contributed by atoms with Crippen molar-refractivity contribution in [2.45, 2.75) is 65.7 Å². The summed E-state index contributed by atoms with van der Waals surface area (Å²) in [5, 5.41) is 2.86. The number of nitrogens with zero attached hydrogens (tertiary/aromatic N) is 5. The van der Waals surface area contributed by atoms with E-state index in [9.17, 15) is 4.39 Å². The quantitative estimate of drug-likeness (QED) is 0.154. The Labute approximate surface area is 390 Å². The number of benzene rings is 6. The van der Waals surface area contributed by atoms with E-state index in [1.165, 1.54) is 40.1 Å². The molecule has 9 heteroatoms. The summed E-state index contributed by atoms with van der Waals surface area (Å²) in [6.45, 7) is 15.4. The smallest absolute Gasteiger partial charge is 0.228 e. The number of fused-ring (bicyclic) bond motifs is 7. The molecule has 0 aliphatic heterocycles. The van der Waals surface area contributed by atoms with Crippen molar-refractivity contribution in [1.29, 1.82) is 0 Å². The predicted molar refractivity (Wildman–Crippen MR) is 256 cm³/mol. The number of rotatable bonds is 6. The van der Waals surface area contributed by atoms with Gasteiger partial charge in [0, 0.05) is 54.3 Å². The fourth-order valence-corrected chi connectivity index (χ4v) is 8.44. The zero-order valence-electron chi connectivity index (χ0n) is 37.2. The number of imidazole rings is 1. The molecule has 0 aliphatic carbocycles. The molecule has 0 aliphatic rings. The molecule has 11 aromatic rings. The first-order valence-electron chi connectivity index (χ1n) is 21.7. The van der Waals surface area contributed by atoms with E-state index in [0.29, 0.717) is 28.3 Å². The second-order valence-electron chi connectivity index (χ2n) is 17.9. The van der Waals surface area contributed by atoms with Crippen LogP contribution in [0, 0.1) is 17.9 Å². The number of pyridine rings is 1. The van der Waals surface area contributed by atoms with Crippen LogP contribution < -0.4 is 0 Å². The Kier molecular flexibility index (Phi) is 11.6. The van der Waals surface area contributed by atoms with Crippen LogP contribution in [0.2, 0.25) is 0 Å². The minimum atomic E-state index is -0.305. The van der Waals surface area contributed by atoms with Gasteiger partial charge in [-0.05, 0) is 81.9 Å². The first-order chi connectivity index (χ1) is 30.9. The summed E-state index contributed by atoms with van der Waals surface area (Å²) in [5.41, 5.74) is 14.1. The Bertz CT molecular complexity index is 3480. The molecule has 7 nitrogen and oxygen atoms in total. The third-order valence-electron chi connectivity index (χ3n) is 11.7. The van der Waals surface area contributed by atoms with E-state index in [-0.39, 0.29) is 43.2 Å². The fraction of sp³-hybridized carbons (Fsp3) is 0.179. The normalized spacial score (nSPS) is 11.8. The molecule has 0 saturated heterocycles. The molecule has 65 heavy (non-hydrogen) atoms. The molecule has 11 rings (SSSR count). The summed E-state index contributed by atoms with van der Waals surface area (Å²) in [5.74, 6) is 1.60. The monoisotopic (exact) mass is 1030 g/mol. The second kappa shape index (κ2) is 17.3. The van der Waals surface area contributed by atoms with Gasteiger partial charge in [0.25, 0.3) is 0 Å². The third-order valence-corrected chi connectivity index (χ3v) is 11.7. The average molecular weight is 1030 g/mol. The van der Waals surface area contributed by atoms with Crippen LogP contribution in [0.5, 0.6) is 0 Å². The van der Waals surface area contributed by atoms with Crippen LogP contribution in [-0.2, 0) is 25.5 Å². The molecule has 325 valence electrons. The SMILES string of the molecule is CC(C)(C)c1ccnc(-c2[c-]cc(F)cc2)n1.CC(C)c1cc(-c2ccccc2)cc(C(C)C)c1-n1c(-c2[c-]ccc3c2oc2cc4c(nc23)oc2ccccc24)nc2ccccc21.[Ir]. The van der Waals surface area contributed by atoms with Gasteiger partial charge in [0.2, 0.25) is 5.71 Å². The van der Waals surface area contributed by atoms with Crippen LogP contribution in [-0.4, -0.2) is 24.5 Å². The first-order valence-corrected chi connectivity index (χ1v) is 21.7. The van der Waals surface area contributed by atoms with Crippen molar-refractivity contribution in [3.8, 4) is 39.6 Å². The minimum absolute atomic E-state index is 0. The van der Waals surface area contributed by atoms with Crippen LogP contribution in [0.1, 0.15) is 77.1 Å². The topological polar surface area (TPSA) is 82.8 Å². The van der Waals surface area contributed by atoms with E-state index >= 15 is 0 Å². The molecule has 0 bridgehead atoms. The van der Waals surface area contributed by atoms with Crippen molar-refractivity contribution < 1.29 is 33.3 Å². The Balaban J connectivity index is 0.000000250. The number of hydrogen-bond donors (Lipinski definition) is 0. The Morgan fingerprint density at radius 3 is 2.11 bits per heavy atom. The van der Waals surface area contributed by atoms with Crippen LogP contribution >= 0.6 is 0 Å². The summed E-state index contributed by atoms with van der Waals surface area (Å²) >= 11 is 0. The molecule has 5 heterocycles. The van der Waals surface area contributed by atoms with Crippen LogP contribution in [0.25, 0.3) is 94.8 Å². The number of furan rings is 2. The molecular weight excluding hydrogens is 986 g/mol. The number of para-hydroxylation sites is 3. The Morgan fingerprint density at radius 1 is 0.662 bits per heavy atom. The molecule has 0 fully saturated rings. The summed E-state index contributed by atoms with van der Waals surface area (Å²) in [6.07, 6.45) is 1.72. The maximum absolute atomic E-state index is 12.8. The van der Waals surface area contributed by atoms with Gasteiger partial charge in [0.1, 0.15) is 16.7 Å². The molecule has 1 radical (unpaired) electrons. The molecule has 0 atom stereocenters. The second-order valence-corrected chi connectivity index (χ2v) is 17.9. The van der Waals surface area contributed by atoms with Gasteiger partial charge < -0.3 is 13.4 Å². The van der Waals surface area contributed by atoms with Gasteiger partial charge >= 0.3 is 0 Å². The van der Waals surface area contributed by atoms with Gasteiger partial charge in [-0.3, -0.25) is 19.3 Å². The number of halogens is 1. The van der Waals surface area contributed by atoms with Gasteiger partial charge in [0.05, 0.1) is 33.7 Å². The van der Waals surface area contributed by atoms with E-state index in [1.54, 1.807) is 12.3 Å². The van der Waals surface area contributed by atoms with Gasteiger partial charge in [0.15, 0.2) is 0 Å². The van der Waals surface area contributed by atoms with Crippen molar-refractivity contribution in [2.75, 3.05) is 0 Å². The van der Waals surface area contributed by atoms with Crippen LogP contribution in [0.15, 0.2) is 148 Å². The van der Waals surface area contributed by atoms with Gasteiger partial charge in [-0.1, -0.05) is 115 Å². The standard InChI is InChI=1S/C42H32N3O2.C14H14FN2.Ir/c1-24(2)31-21-27(26-13-6-5-7-14-26)22-32(25(3)4)39(31)45-35-19-10-9-18-34(35)43-41(45)30-17-12-16-29-38-37(46-40(29)30)23-33-28-15-8-11-20-36(28)47-42(33)44-38;1-14(2,3)12-8-9-16-13(17-12)10-4-6-11(15)7-5-10;/h5-16,18-25H,1-4H3;4,6-9H,1-3H3;/q2*-1;. The summed E-state index contributed by atoms with van der Waals surface area (Å²) in [4.78, 5) is 18.9. The molecule has 0 unspecified atom stereocenters. The maximum Gasteiger partial charge on any atom is 0.228 e. The van der Waals surface area contributed by atoms with E-state index in [0.717, 1.165) is 55.4 Å². The summed E-state index contributed by atoms with van der Waals surface area (Å²) < 4.78 is 28.0. The number of aromatic nitrogens is 5. The fourth-order valence-electron chi connectivity index (χ4n) is 8.44.